The SMILES string of the molecule is C=CCn1c(CN)nc2cc(C(F)(F)F)ccc21. The predicted molar refractivity (Wildman–Crippen MR) is 62.8 cm³/mol. The van der Waals surface area contributed by atoms with Crippen LogP contribution in [0.2, 0.25) is 0 Å². The fourth-order valence-electron chi connectivity index (χ4n) is 1.84. The molecule has 0 bridgehead atoms. The van der Waals surface area contributed by atoms with Crippen LogP contribution in [0.3, 0.4) is 0 Å². The molecule has 0 amide bonds. The van der Waals surface area contributed by atoms with Crippen molar-refractivity contribution in [1.29, 1.82) is 0 Å². The molecule has 18 heavy (non-hydrogen) atoms. The van der Waals surface area contributed by atoms with Gasteiger partial charge in [0.25, 0.3) is 0 Å². The maximum atomic E-state index is 12.6. The van der Waals surface area contributed by atoms with Crippen LogP contribution >= 0.6 is 0 Å². The third-order valence-corrected chi connectivity index (χ3v) is 2.65. The molecule has 3 nitrogen and oxygen atoms in total. The Balaban J connectivity index is 2.62. The van der Waals surface area contributed by atoms with Crippen LogP contribution < -0.4 is 5.73 Å². The Morgan fingerprint density at radius 3 is 2.67 bits per heavy atom. The number of allylic oxidation sites excluding steroid dienone is 1. The Bertz CT molecular complexity index is 584. The van der Waals surface area contributed by atoms with E-state index in [0.717, 1.165) is 12.1 Å². The van der Waals surface area contributed by atoms with Crippen molar-refractivity contribution in [3.05, 3.63) is 42.2 Å². The second-order valence-corrected chi connectivity index (χ2v) is 3.83. The summed E-state index contributed by atoms with van der Waals surface area (Å²) in [6.45, 7) is 4.24. The molecular formula is C12H12F3N3. The van der Waals surface area contributed by atoms with Crippen molar-refractivity contribution in [2.75, 3.05) is 0 Å². The van der Waals surface area contributed by atoms with E-state index < -0.39 is 11.7 Å². The first-order valence-corrected chi connectivity index (χ1v) is 5.34. The number of hydrogen-bond donors (Lipinski definition) is 1. The largest absolute Gasteiger partial charge is 0.416 e. The molecule has 0 aliphatic carbocycles. The molecule has 0 radical (unpaired) electrons. The number of rotatable bonds is 3. The Morgan fingerprint density at radius 1 is 1.39 bits per heavy atom. The van der Waals surface area contributed by atoms with Gasteiger partial charge in [0.15, 0.2) is 0 Å². The van der Waals surface area contributed by atoms with Gasteiger partial charge in [0.1, 0.15) is 5.82 Å². The van der Waals surface area contributed by atoms with Crippen molar-refractivity contribution in [2.24, 2.45) is 5.73 Å². The topological polar surface area (TPSA) is 43.8 Å². The van der Waals surface area contributed by atoms with E-state index >= 15 is 0 Å². The quantitative estimate of drug-likeness (QED) is 0.857. The minimum Gasteiger partial charge on any atom is -0.324 e. The smallest absolute Gasteiger partial charge is 0.324 e. The van der Waals surface area contributed by atoms with E-state index in [4.69, 9.17) is 5.73 Å². The van der Waals surface area contributed by atoms with Gasteiger partial charge < -0.3 is 10.3 Å². The van der Waals surface area contributed by atoms with Gasteiger partial charge in [0.2, 0.25) is 0 Å². The molecule has 0 saturated heterocycles. The lowest BCUT2D eigenvalue weighted by molar-refractivity contribution is -0.137. The van der Waals surface area contributed by atoms with Crippen LogP contribution in [-0.4, -0.2) is 9.55 Å². The highest BCUT2D eigenvalue weighted by atomic mass is 19.4. The van der Waals surface area contributed by atoms with Gasteiger partial charge in [-0.05, 0) is 18.2 Å². The maximum Gasteiger partial charge on any atom is 0.416 e. The number of fused-ring (bicyclic) bond motifs is 1. The third kappa shape index (κ3) is 2.11. The molecule has 96 valence electrons. The van der Waals surface area contributed by atoms with Gasteiger partial charge in [-0.2, -0.15) is 13.2 Å². The molecule has 2 N–H and O–H groups in total. The average Bonchev–Trinajstić information content (AvgIpc) is 2.66. The molecule has 0 saturated carbocycles. The van der Waals surface area contributed by atoms with Crippen LogP contribution in [0.1, 0.15) is 11.4 Å². The van der Waals surface area contributed by atoms with Crippen molar-refractivity contribution in [2.45, 2.75) is 19.3 Å². The summed E-state index contributed by atoms with van der Waals surface area (Å²) in [5, 5.41) is 0. The van der Waals surface area contributed by atoms with Crippen LogP contribution in [0, 0.1) is 0 Å². The highest BCUT2D eigenvalue weighted by Gasteiger charge is 2.31. The first kappa shape index (κ1) is 12.6. The van der Waals surface area contributed by atoms with Gasteiger partial charge in [0.05, 0.1) is 23.1 Å². The summed E-state index contributed by atoms with van der Waals surface area (Å²) >= 11 is 0. The number of aromatic nitrogens is 2. The monoisotopic (exact) mass is 255 g/mol. The van der Waals surface area contributed by atoms with E-state index in [1.807, 2.05) is 0 Å². The number of alkyl halides is 3. The number of halogens is 3. The second kappa shape index (κ2) is 4.45. The molecule has 0 spiro atoms. The van der Waals surface area contributed by atoms with E-state index in [0.29, 0.717) is 23.4 Å². The average molecular weight is 255 g/mol. The van der Waals surface area contributed by atoms with E-state index in [2.05, 4.69) is 11.6 Å². The van der Waals surface area contributed by atoms with E-state index in [1.165, 1.54) is 6.07 Å². The van der Waals surface area contributed by atoms with Crippen LogP contribution in [-0.2, 0) is 19.3 Å². The van der Waals surface area contributed by atoms with Crippen LogP contribution in [0.4, 0.5) is 13.2 Å². The summed E-state index contributed by atoms with van der Waals surface area (Å²) in [6, 6.07) is 3.49. The second-order valence-electron chi connectivity index (χ2n) is 3.83. The molecule has 1 aromatic heterocycles. The fourth-order valence-corrected chi connectivity index (χ4v) is 1.84. The molecule has 0 unspecified atom stereocenters. The van der Waals surface area contributed by atoms with Gasteiger partial charge in [0, 0.05) is 6.54 Å². The van der Waals surface area contributed by atoms with Crippen LogP contribution in [0.15, 0.2) is 30.9 Å². The fraction of sp³-hybridized carbons (Fsp3) is 0.250. The normalized spacial score (nSPS) is 12.0. The zero-order valence-corrected chi connectivity index (χ0v) is 9.54. The zero-order chi connectivity index (χ0) is 13.3. The molecular weight excluding hydrogens is 243 g/mol. The van der Waals surface area contributed by atoms with Gasteiger partial charge >= 0.3 is 6.18 Å². The minimum atomic E-state index is -4.36. The molecule has 1 aromatic carbocycles. The highest BCUT2D eigenvalue weighted by Crippen LogP contribution is 2.31. The van der Waals surface area contributed by atoms with Gasteiger partial charge in [-0.3, -0.25) is 0 Å². The zero-order valence-electron chi connectivity index (χ0n) is 9.54. The summed E-state index contributed by atoms with van der Waals surface area (Å²) in [7, 11) is 0. The summed E-state index contributed by atoms with van der Waals surface area (Å²) in [5.41, 5.74) is 5.75. The summed E-state index contributed by atoms with van der Waals surface area (Å²) < 4.78 is 39.5. The molecule has 0 aliphatic rings. The number of imidazole rings is 1. The number of benzene rings is 1. The predicted octanol–water partition coefficient (Wildman–Crippen LogP) is 2.70. The number of hydrogen-bond acceptors (Lipinski definition) is 2. The minimum absolute atomic E-state index is 0.171. The van der Waals surface area contributed by atoms with Crippen molar-refractivity contribution in [1.82, 2.24) is 9.55 Å². The molecule has 6 heteroatoms. The molecule has 1 heterocycles. The first-order valence-electron chi connectivity index (χ1n) is 5.34. The van der Waals surface area contributed by atoms with Crippen molar-refractivity contribution >= 4 is 11.0 Å². The lowest BCUT2D eigenvalue weighted by Crippen LogP contribution is -2.07. The van der Waals surface area contributed by atoms with Crippen LogP contribution in [0.5, 0.6) is 0 Å². The van der Waals surface area contributed by atoms with Gasteiger partial charge in [-0.15, -0.1) is 6.58 Å². The molecule has 0 aliphatic heterocycles. The number of nitrogens with zero attached hydrogens (tertiary/aromatic N) is 2. The first-order chi connectivity index (χ1) is 8.47. The molecule has 0 fully saturated rings. The van der Waals surface area contributed by atoms with Crippen molar-refractivity contribution in [3.8, 4) is 0 Å². The molecule has 2 aromatic rings. The van der Waals surface area contributed by atoms with Crippen molar-refractivity contribution in [3.63, 3.8) is 0 Å². The highest BCUT2D eigenvalue weighted by molar-refractivity contribution is 5.77. The Hall–Kier alpha value is -1.82. The van der Waals surface area contributed by atoms with E-state index in [-0.39, 0.29) is 6.54 Å². The maximum absolute atomic E-state index is 12.6. The molecule has 2 rings (SSSR count). The summed E-state index contributed by atoms with van der Waals surface area (Å²) in [5.74, 6) is 0.546. The lowest BCUT2D eigenvalue weighted by atomic mass is 10.2. The summed E-state index contributed by atoms with van der Waals surface area (Å²) in [6.07, 6.45) is -2.71. The van der Waals surface area contributed by atoms with Crippen molar-refractivity contribution < 1.29 is 13.2 Å². The van der Waals surface area contributed by atoms with Gasteiger partial charge in [-0.1, -0.05) is 6.08 Å². The third-order valence-electron chi connectivity index (χ3n) is 2.65. The van der Waals surface area contributed by atoms with E-state index in [9.17, 15) is 13.2 Å². The standard InChI is InChI=1S/C12H12F3N3/c1-2-5-18-10-4-3-8(12(13,14)15)6-9(10)17-11(18)7-16/h2-4,6H,1,5,7,16H2. The molecule has 0 atom stereocenters. The number of nitrogens with two attached hydrogens (primary N) is 1. The lowest BCUT2D eigenvalue weighted by Gasteiger charge is -2.07. The Morgan fingerprint density at radius 2 is 2.11 bits per heavy atom. The Kier molecular flexibility index (Phi) is 3.13. The Labute approximate surface area is 102 Å². The van der Waals surface area contributed by atoms with E-state index in [1.54, 1.807) is 10.6 Å². The summed E-state index contributed by atoms with van der Waals surface area (Å²) in [4.78, 5) is 4.11. The van der Waals surface area contributed by atoms with Gasteiger partial charge in [-0.25, -0.2) is 4.98 Å². The van der Waals surface area contributed by atoms with Crippen LogP contribution in [0.25, 0.3) is 11.0 Å².